The maximum Gasteiger partial charge on any atom is 0.258 e. The zero-order valence-corrected chi connectivity index (χ0v) is 14.1. The number of nitrogens with one attached hydrogen (secondary N) is 2. The molecule has 1 aliphatic heterocycles. The van der Waals surface area contributed by atoms with E-state index in [1.165, 1.54) is 24.1 Å². The van der Waals surface area contributed by atoms with Crippen LogP contribution in [0.15, 0.2) is 18.2 Å². The first-order valence-corrected chi connectivity index (χ1v) is 8.41. The van der Waals surface area contributed by atoms with Crippen molar-refractivity contribution >= 4 is 5.91 Å². The number of aryl methyl sites for hydroxylation is 2. The summed E-state index contributed by atoms with van der Waals surface area (Å²) in [5.41, 5.74) is 2.42. The van der Waals surface area contributed by atoms with Crippen molar-refractivity contribution in [1.29, 1.82) is 0 Å². The molecule has 2 N–H and O–H groups in total. The number of rotatable bonds is 6. The summed E-state index contributed by atoms with van der Waals surface area (Å²) in [5, 5.41) is 3.10. The van der Waals surface area contributed by atoms with Crippen LogP contribution in [0.25, 0.3) is 0 Å². The van der Waals surface area contributed by atoms with Crippen LogP contribution < -0.4 is 15.0 Å². The fourth-order valence-corrected chi connectivity index (χ4v) is 3.00. The van der Waals surface area contributed by atoms with Crippen molar-refractivity contribution in [2.24, 2.45) is 0 Å². The summed E-state index contributed by atoms with van der Waals surface area (Å²) in [5.74, 6) is 0.752. The summed E-state index contributed by atoms with van der Waals surface area (Å²) in [6.07, 6.45) is 3.38. The van der Waals surface area contributed by atoms with Gasteiger partial charge >= 0.3 is 0 Å². The summed E-state index contributed by atoms with van der Waals surface area (Å²) in [6.45, 7) is 10.0. The van der Waals surface area contributed by atoms with Crippen molar-refractivity contribution in [3.05, 3.63) is 29.3 Å². The minimum Gasteiger partial charge on any atom is -0.484 e. The Morgan fingerprint density at radius 2 is 2.00 bits per heavy atom. The Bertz CT molecular complexity index is 494. The number of ether oxygens (including phenoxy) is 1. The lowest BCUT2D eigenvalue weighted by atomic mass is 10.0. The third-order valence-electron chi connectivity index (χ3n) is 4.51. The molecule has 1 fully saturated rings. The molecule has 1 aromatic rings. The van der Waals surface area contributed by atoms with Crippen molar-refractivity contribution in [3.8, 4) is 5.75 Å². The molecule has 0 atom stereocenters. The van der Waals surface area contributed by atoms with Gasteiger partial charge in [-0.25, -0.2) is 0 Å². The van der Waals surface area contributed by atoms with Gasteiger partial charge in [0.1, 0.15) is 5.75 Å². The molecule has 1 saturated heterocycles. The number of carbonyl (C=O) groups is 1. The van der Waals surface area contributed by atoms with Crippen molar-refractivity contribution in [2.75, 3.05) is 26.2 Å². The third-order valence-corrected chi connectivity index (χ3v) is 4.51. The van der Waals surface area contributed by atoms with Gasteiger partial charge in [-0.2, -0.15) is 0 Å². The van der Waals surface area contributed by atoms with Crippen molar-refractivity contribution in [1.82, 2.24) is 5.32 Å². The molecule has 2 rings (SSSR count). The Morgan fingerprint density at radius 3 is 2.64 bits per heavy atom. The minimum atomic E-state index is -0.0119. The van der Waals surface area contributed by atoms with E-state index in [1.54, 1.807) is 4.90 Å². The van der Waals surface area contributed by atoms with Crippen molar-refractivity contribution < 1.29 is 14.4 Å². The Kier molecular flexibility index (Phi) is 6.25. The molecule has 1 aliphatic rings. The molecule has 1 heterocycles. The van der Waals surface area contributed by atoms with Crippen LogP contribution in [0.5, 0.6) is 5.75 Å². The van der Waals surface area contributed by atoms with Crippen LogP contribution in [0.2, 0.25) is 0 Å². The molecule has 4 nitrogen and oxygen atoms in total. The average molecular weight is 305 g/mol. The Morgan fingerprint density at radius 1 is 1.27 bits per heavy atom. The van der Waals surface area contributed by atoms with Crippen LogP contribution in [-0.4, -0.2) is 38.2 Å². The highest BCUT2D eigenvalue weighted by Crippen LogP contribution is 2.16. The zero-order chi connectivity index (χ0) is 15.9. The first-order chi connectivity index (χ1) is 10.6. The van der Waals surface area contributed by atoms with Gasteiger partial charge in [-0.3, -0.25) is 4.79 Å². The normalized spacial score (nSPS) is 21.4. The summed E-state index contributed by atoms with van der Waals surface area (Å²) >= 11 is 0. The monoisotopic (exact) mass is 305 g/mol. The number of piperidine rings is 1. The van der Waals surface area contributed by atoms with E-state index in [4.69, 9.17) is 4.74 Å². The van der Waals surface area contributed by atoms with Crippen LogP contribution >= 0.6 is 0 Å². The molecule has 1 amide bonds. The molecular formula is C18H29N2O2+. The number of hydrogen-bond acceptors (Lipinski definition) is 2. The lowest BCUT2D eigenvalue weighted by Crippen LogP contribution is -3.13. The van der Waals surface area contributed by atoms with Crippen LogP contribution in [0.4, 0.5) is 0 Å². The van der Waals surface area contributed by atoms with E-state index in [0.29, 0.717) is 6.04 Å². The van der Waals surface area contributed by atoms with E-state index in [-0.39, 0.29) is 12.5 Å². The average Bonchev–Trinajstić information content (AvgIpc) is 2.51. The summed E-state index contributed by atoms with van der Waals surface area (Å²) in [7, 11) is 0. The second-order valence-corrected chi connectivity index (χ2v) is 6.38. The quantitative estimate of drug-likeness (QED) is 0.831. The molecule has 22 heavy (non-hydrogen) atoms. The molecule has 0 aromatic heterocycles. The third kappa shape index (κ3) is 5.02. The molecule has 122 valence electrons. The predicted molar refractivity (Wildman–Crippen MR) is 88.4 cm³/mol. The smallest absolute Gasteiger partial charge is 0.258 e. The van der Waals surface area contributed by atoms with Gasteiger partial charge in [-0.15, -0.1) is 0 Å². The van der Waals surface area contributed by atoms with Gasteiger partial charge < -0.3 is 15.0 Å². The second kappa shape index (κ2) is 8.18. The van der Waals surface area contributed by atoms with Gasteiger partial charge in [0, 0.05) is 18.9 Å². The van der Waals surface area contributed by atoms with Crippen LogP contribution in [0.1, 0.15) is 37.3 Å². The second-order valence-electron chi connectivity index (χ2n) is 6.38. The van der Waals surface area contributed by atoms with Crippen LogP contribution in [0, 0.1) is 13.8 Å². The maximum atomic E-state index is 12.0. The number of amides is 1. The van der Waals surface area contributed by atoms with E-state index >= 15 is 0 Å². The summed E-state index contributed by atoms with van der Waals surface area (Å²) < 4.78 is 5.59. The van der Waals surface area contributed by atoms with E-state index in [0.717, 1.165) is 31.7 Å². The van der Waals surface area contributed by atoms with Gasteiger partial charge in [0.05, 0.1) is 19.6 Å². The Labute approximate surface area is 133 Å². The predicted octanol–water partition coefficient (Wildman–Crippen LogP) is 1.26. The molecule has 0 bridgehead atoms. The molecule has 0 radical (unpaired) electrons. The number of benzene rings is 1. The molecule has 0 aliphatic carbocycles. The van der Waals surface area contributed by atoms with Crippen molar-refractivity contribution in [3.63, 3.8) is 0 Å². The first kappa shape index (κ1) is 16.8. The molecule has 0 unspecified atom stereocenters. The molecular weight excluding hydrogens is 276 g/mol. The highest BCUT2D eigenvalue weighted by atomic mass is 16.5. The van der Waals surface area contributed by atoms with Crippen molar-refractivity contribution in [2.45, 2.75) is 46.1 Å². The highest BCUT2D eigenvalue weighted by Gasteiger charge is 2.22. The van der Waals surface area contributed by atoms with Gasteiger partial charge in [-0.1, -0.05) is 13.0 Å². The van der Waals surface area contributed by atoms with E-state index in [1.807, 2.05) is 18.2 Å². The van der Waals surface area contributed by atoms with E-state index in [2.05, 4.69) is 26.1 Å². The van der Waals surface area contributed by atoms with Gasteiger partial charge in [0.2, 0.25) is 0 Å². The Balaban J connectivity index is 1.71. The summed E-state index contributed by atoms with van der Waals surface area (Å²) in [6, 6.07) is 6.24. The van der Waals surface area contributed by atoms with Crippen LogP contribution in [0.3, 0.4) is 0 Å². The number of carbonyl (C=O) groups excluding carboxylic acids is 1. The molecule has 0 saturated carbocycles. The number of quaternary nitrogens is 1. The lowest BCUT2D eigenvalue weighted by molar-refractivity contribution is -0.905. The first-order valence-electron chi connectivity index (χ1n) is 8.41. The molecule has 0 spiro atoms. The number of hydrogen-bond donors (Lipinski definition) is 2. The highest BCUT2D eigenvalue weighted by molar-refractivity contribution is 5.77. The molecule has 4 heteroatoms. The SMILES string of the molecule is CCC[NH+]1CCC(NC(=O)COc2ccc(C)c(C)c2)CC1. The number of likely N-dealkylation sites (tertiary alicyclic amines) is 1. The lowest BCUT2D eigenvalue weighted by Gasteiger charge is -2.29. The fraction of sp³-hybridized carbons (Fsp3) is 0.611. The summed E-state index contributed by atoms with van der Waals surface area (Å²) in [4.78, 5) is 13.7. The van der Waals surface area contributed by atoms with Gasteiger partial charge in [0.15, 0.2) is 6.61 Å². The van der Waals surface area contributed by atoms with E-state index in [9.17, 15) is 4.79 Å². The Hall–Kier alpha value is -1.55. The van der Waals surface area contributed by atoms with E-state index < -0.39 is 0 Å². The largest absolute Gasteiger partial charge is 0.484 e. The molecule has 1 aromatic carbocycles. The standard InChI is InChI=1S/C18H28N2O2/c1-4-9-20-10-7-16(8-11-20)19-18(21)13-22-17-6-5-14(2)15(3)12-17/h5-6,12,16H,4,7-11,13H2,1-3H3,(H,19,21)/p+1. The maximum absolute atomic E-state index is 12.0. The van der Waals surface area contributed by atoms with Gasteiger partial charge in [0.25, 0.3) is 5.91 Å². The van der Waals surface area contributed by atoms with Gasteiger partial charge in [-0.05, 0) is 43.5 Å². The fourth-order valence-electron chi connectivity index (χ4n) is 3.00. The topological polar surface area (TPSA) is 42.8 Å². The van der Waals surface area contributed by atoms with Crippen LogP contribution in [-0.2, 0) is 4.79 Å². The zero-order valence-electron chi connectivity index (χ0n) is 14.1. The minimum absolute atomic E-state index is 0.0119.